The highest BCUT2D eigenvalue weighted by molar-refractivity contribution is 6.88. The molecule has 1 saturated heterocycles. The Morgan fingerprint density at radius 2 is 1.80 bits per heavy atom. The maximum atomic E-state index is 13.0. The summed E-state index contributed by atoms with van der Waals surface area (Å²) in [6.45, 7) is 15.7. The summed E-state index contributed by atoms with van der Waals surface area (Å²) in [5.74, 6) is 2.19. The normalized spacial score (nSPS) is 13.5. The fourth-order valence-electron chi connectivity index (χ4n) is 4.36. The molecule has 0 radical (unpaired) electrons. The van der Waals surface area contributed by atoms with E-state index < -0.39 is 8.07 Å². The molecular formula is C29H41N5O5Si. The Balaban J connectivity index is 1.44. The van der Waals surface area contributed by atoms with E-state index >= 15 is 0 Å². The van der Waals surface area contributed by atoms with Crippen LogP contribution in [0.25, 0.3) is 0 Å². The van der Waals surface area contributed by atoms with Crippen LogP contribution in [-0.2, 0) is 11.2 Å². The molecule has 1 N–H and O–H groups in total. The molecule has 1 aliphatic heterocycles. The van der Waals surface area contributed by atoms with Gasteiger partial charge in [0.2, 0.25) is 23.6 Å². The first-order chi connectivity index (χ1) is 19.1. The number of nitrogens with zero attached hydrogens (tertiary/aromatic N) is 4. The van der Waals surface area contributed by atoms with Crippen molar-refractivity contribution in [2.24, 2.45) is 0 Å². The minimum absolute atomic E-state index is 0.0116. The van der Waals surface area contributed by atoms with Gasteiger partial charge in [-0.1, -0.05) is 37.0 Å². The van der Waals surface area contributed by atoms with Gasteiger partial charge in [0, 0.05) is 25.7 Å². The van der Waals surface area contributed by atoms with Crippen LogP contribution in [0.1, 0.15) is 24.7 Å². The first-order valence-corrected chi connectivity index (χ1v) is 17.3. The summed E-state index contributed by atoms with van der Waals surface area (Å²) in [6.07, 6.45) is 1.24. The largest absolute Gasteiger partial charge is 0.479 e. The van der Waals surface area contributed by atoms with Crippen LogP contribution < -0.4 is 29.6 Å². The second-order valence-corrected chi connectivity index (χ2v) is 16.0. The molecule has 1 aliphatic rings. The van der Waals surface area contributed by atoms with Crippen molar-refractivity contribution in [2.75, 3.05) is 57.2 Å². The molecule has 1 amide bonds. The van der Waals surface area contributed by atoms with Gasteiger partial charge in [-0.15, -0.1) is 0 Å². The van der Waals surface area contributed by atoms with Gasteiger partial charge < -0.3 is 33.7 Å². The molecule has 1 aromatic carbocycles. The zero-order chi connectivity index (χ0) is 28.9. The first-order valence-electron chi connectivity index (χ1n) is 13.8. The molecule has 3 heterocycles. The number of nitrogens with one attached hydrogen (secondary N) is 1. The van der Waals surface area contributed by atoms with Crippen molar-refractivity contribution < 1.29 is 23.4 Å². The zero-order valence-corrected chi connectivity index (χ0v) is 25.7. The molecule has 10 nitrogen and oxygen atoms in total. The second kappa shape index (κ2) is 12.7. The SMILES string of the molecule is CCN(CCN1CCC1)c1nc(OC)c(NC(=O)Cc2ccc(Oc3cc([Si](C)(C)C)ccc3C)o2)c(OC)n1. The smallest absolute Gasteiger partial charge is 0.290 e. The predicted octanol–water partition coefficient (Wildman–Crippen LogP) is 4.45. The van der Waals surface area contributed by atoms with Gasteiger partial charge in [0.05, 0.1) is 28.7 Å². The van der Waals surface area contributed by atoms with Gasteiger partial charge in [-0.05, 0) is 51.1 Å². The summed E-state index contributed by atoms with van der Waals surface area (Å²) < 4.78 is 22.9. The van der Waals surface area contributed by atoms with Crippen molar-refractivity contribution in [3.8, 4) is 23.5 Å². The van der Waals surface area contributed by atoms with Gasteiger partial charge in [-0.2, -0.15) is 9.97 Å². The van der Waals surface area contributed by atoms with Crippen LogP contribution in [0.15, 0.2) is 34.7 Å². The Bertz CT molecular complexity index is 1290. The molecule has 0 unspecified atom stereocenters. The van der Waals surface area contributed by atoms with E-state index in [1.165, 1.54) is 25.8 Å². The monoisotopic (exact) mass is 567 g/mol. The van der Waals surface area contributed by atoms with E-state index in [2.05, 4.69) is 69.8 Å². The molecule has 0 aliphatic carbocycles. The second-order valence-electron chi connectivity index (χ2n) is 11.0. The molecule has 0 saturated carbocycles. The van der Waals surface area contributed by atoms with E-state index in [1.807, 2.05) is 6.92 Å². The lowest BCUT2D eigenvalue weighted by molar-refractivity contribution is -0.115. The number of furan rings is 1. The average Bonchev–Trinajstić information content (AvgIpc) is 3.32. The van der Waals surface area contributed by atoms with Crippen LogP contribution >= 0.6 is 0 Å². The quantitative estimate of drug-likeness (QED) is 0.300. The third-order valence-corrected chi connectivity index (χ3v) is 9.06. The van der Waals surface area contributed by atoms with E-state index in [9.17, 15) is 4.79 Å². The molecule has 3 aromatic rings. The molecule has 40 heavy (non-hydrogen) atoms. The molecule has 0 atom stereocenters. The number of rotatable bonds is 13. The third-order valence-electron chi connectivity index (χ3n) is 7.02. The van der Waals surface area contributed by atoms with Gasteiger partial charge in [-0.3, -0.25) is 4.79 Å². The van der Waals surface area contributed by atoms with Gasteiger partial charge in [0.1, 0.15) is 11.5 Å². The van der Waals surface area contributed by atoms with E-state index in [-0.39, 0.29) is 29.8 Å². The molecule has 0 spiro atoms. The number of likely N-dealkylation sites (tertiary alicyclic amines) is 1. The fraction of sp³-hybridized carbons (Fsp3) is 0.483. The maximum absolute atomic E-state index is 13.0. The topological polar surface area (TPSA) is 102 Å². The third kappa shape index (κ3) is 7.13. The molecule has 4 rings (SSSR count). The predicted molar refractivity (Wildman–Crippen MR) is 159 cm³/mol. The van der Waals surface area contributed by atoms with Gasteiger partial charge in [0.25, 0.3) is 5.95 Å². The number of carbonyl (C=O) groups excluding carboxylic acids is 1. The number of aryl methyl sites for hydroxylation is 1. The first kappa shape index (κ1) is 29.4. The van der Waals surface area contributed by atoms with E-state index in [0.29, 0.717) is 17.7 Å². The highest BCUT2D eigenvalue weighted by Gasteiger charge is 2.23. The minimum Gasteiger partial charge on any atom is -0.479 e. The van der Waals surface area contributed by atoms with E-state index in [4.69, 9.17) is 18.6 Å². The Morgan fingerprint density at radius 1 is 1.10 bits per heavy atom. The fourth-order valence-corrected chi connectivity index (χ4v) is 5.50. The number of hydrogen-bond donors (Lipinski definition) is 1. The number of likely N-dealkylation sites (N-methyl/N-ethyl adjacent to an activating group) is 1. The van der Waals surface area contributed by atoms with Crippen LogP contribution in [-0.4, -0.2) is 75.8 Å². The van der Waals surface area contributed by atoms with Crippen molar-refractivity contribution in [1.29, 1.82) is 0 Å². The number of anilines is 2. The van der Waals surface area contributed by atoms with E-state index in [0.717, 1.165) is 44.0 Å². The Morgan fingerprint density at radius 3 is 2.38 bits per heavy atom. The number of hydrogen-bond acceptors (Lipinski definition) is 9. The van der Waals surface area contributed by atoms with Crippen LogP contribution in [0.4, 0.5) is 11.6 Å². The minimum atomic E-state index is -1.49. The summed E-state index contributed by atoms with van der Waals surface area (Å²) in [7, 11) is 1.52. The van der Waals surface area contributed by atoms with Crippen molar-refractivity contribution in [2.45, 2.75) is 46.3 Å². The number of methoxy groups -OCH3 is 2. The maximum Gasteiger partial charge on any atom is 0.290 e. The summed E-state index contributed by atoms with van der Waals surface area (Å²) in [5.41, 5.74) is 1.29. The average molecular weight is 568 g/mol. The van der Waals surface area contributed by atoms with Crippen LogP contribution in [0, 0.1) is 6.92 Å². The van der Waals surface area contributed by atoms with Gasteiger partial charge in [-0.25, -0.2) is 0 Å². The van der Waals surface area contributed by atoms with Crippen molar-refractivity contribution >= 4 is 30.8 Å². The number of carbonyl (C=O) groups is 1. The van der Waals surface area contributed by atoms with Gasteiger partial charge >= 0.3 is 0 Å². The molecular weight excluding hydrogens is 526 g/mol. The lowest BCUT2D eigenvalue weighted by Gasteiger charge is -2.33. The van der Waals surface area contributed by atoms with Crippen LogP contribution in [0.3, 0.4) is 0 Å². The molecule has 0 bridgehead atoms. The van der Waals surface area contributed by atoms with Gasteiger partial charge in [0.15, 0.2) is 5.69 Å². The summed E-state index contributed by atoms with van der Waals surface area (Å²) in [4.78, 5) is 26.6. The Hall–Kier alpha value is -3.57. The Labute approximate surface area is 237 Å². The molecule has 11 heteroatoms. The van der Waals surface area contributed by atoms with Crippen LogP contribution in [0.2, 0.25) is 19.6 Å². The lowest BCUT2D eigenvalue weighted by Crippen LogP contribution is -2.43. The lowest BCUT2D eigenvalue weighted by atomic mass is 10.2. The van der Waals surface area contributed by atoms with Crippen LogP contribution in [0.5, 0.6) is 23.5 Å². The van der Waals surface area contributed by atoms with Crippen molar-refractivity contribution in [3.63, 3.8) is 0 Å². The molecule has 2 aromatic heterocycles. The summed E-state index contributed by atoms with van der Waals surface area (Å²) in [6, 6.07) is 9.78. The highest BCUT2D eigenvalue weighted by Crippen LogP contribution is 2.34. The summed E-state index contributed by atoms with van der Waals surface area (Å²) >= 11 is 0. The molecule has 1 fully saturated rings. The van der Waals surface area contributed by atoms with Crippen molar-refractivity contribution in [1.82, 2.24) is 14.9 Å². The number of ether oxygens (including phenoxy) is 3. The van der Waals surface area contributed by atoms with Crippen molar-refractivity contribution in [3.05, 3.63) is 41.7 Å². The number of amides is 1. The standard InChI is InChI=1S/C29H41N5O5Si/c1-8-34(17-16-33-14-9-15-33)29-31-27(36-3)26(28(32-29)37-4)30-24(35)18-21-11-13-25(38-21)39-23-19-22(40(5,6)7)12-10-20(23)2/h10-13,19H,8-9,14-18H2,1-7H3,(H,30,35). The molecule has 216 valence electrons. The Kier molecular flexibility index (Phi) is 9.36. The number of benzene rings is 1. The zero-order valence-electron chi connectivity index (χ0n) is 24.7. The van der Waals surface area contributed by atoms with E-state index in [1.54, 1.807) is 12.1 Å². The summed E-state index contributed by atoms with van der Waals surface area (Å²) in [5, 5.41) is 4.14. The highest BCUT2D eigenvalue weighted by atomic mass is 28.3. The number of aromatic nitrogens is 2.